The van der Waals surface area contributed by atoms with E-state index in [2.05, 4.69) is 28.1 Å². The Kier molecular flexibility index (Phi) is 8.49. The Morgan fingerprint density at radius 2 is 1.11 bits per heavy atom. The maximum atomic E-state index is 12.3. The Bertz CT molecular complexity index is 1390. The standard InChI is InChI=1S/C27H23N5O.2ClH/c28-17-18-9-11-20(12-10-18)30-27(33)31-21-15-13-19(14-16-21)29-26-22-5-1-3-7-24(22)32-25-8-4-2-6-23(25)26;;/h1-16H,17,28H2,(H,29,32)(H2,30,31,33);2*1H. The fraction of sp³-hybridized carbons (Fsp3) is 0.0370. The van der Waals surface area contributed by atoms with Gasteiger partial charge in [-0.3, -0.25) is 0 Å². The molecular formula is C27H25Cl2N5O. The van der Waals surface area contributed by atoms with Crippen LogP contribution in [0.4, 0.5) is 27.5 Å². The zero-order valence-corrected chi connectivity index (χ0v) is 20.3. The Morgan fingerprint density at radius 1 is 0.657 bits per heavy atom. The number of pyridine rings is 1. The molecule has 178 valence electrons. The van der Waals surface area contributed by atoms with Crippen molar-refractivity contribution in [2.75, 3.05) is 16.0 Å². The number of rotatable bonds is 5. The van der Waals surface area contributed by atoms with E-state index in [4.69, 9.17) is 10.7 Å². The van der Waals surface area contributed by atoms with Crippen LogP contribution in [0.25, 0.3) is 21.8 Å². The smallest absolute Gasteiger partial charge is 0.323 e. The van der Waals surface area contributed by atoms with Gasteiger partial charge in [-0.15, -0.1) is 24.8 Å². The van der Waals surface area contributed by atoms with Crippen molar-refractivity contribution in [2.45, 2.75) is 6.54 Å². The zero-order valence-electron chi connectivity index (χ0n) is 18.7. The van der Waals surface area contributed by atoms with Gasteiger partial charge in [0.25, 0.3) is 0 Å². The quantitative estimate of drug-likeness (QED) is 0.192. The number of nitrogens with two attached hydrogens (primary N) is 1. The van der Waals surface area contributed by atoms with Gasteiger partial charge in [-0.2, -0.15) is 0 Å². The third kappa shape index (κ3) is 5.81. The Morgan fingerprint density at radius 3 is 1.63 bits per heavy atom. The van der Waals surface area contributed by atoms with Gasteiger partial charge in [0.1, 0.15) is 0 Å². The fourth-order valence-electron chi connectivity index (χ4n) is 3.77. The van der Waals surface area contributed by atoms with Crippen molar-refractivity contribution < 1.29 is 4.79 Å². The number of fused-ring (bicyclic) bond motifs is 2. The van der Waals surface area contributed by atoms with Gasteiger partial charge in [0, 0.05) is 34.4 Å². The molecule has 4 aromatic carbocycles. The van der Waals surface area contributed by atoms with E-state index in [1.54, 1.807) is 0 Å². The molecular weight excluding hydrogens is 481 g/mol. The van der Waals surface area contributed by atoms with Gasteiger partial charge in [0.15, 0.2) is 0 Å². The van der Waals surface area contributed by atoms with Crippen LogP contribution >= 0.6 is 24.8 Å². The molecule has 1 heterocycles. The average molecular weight is 506 g/mol. The molecule has 5 N–H and O–H groups in total. The summed E-state index contributed by atoms with van der Waals surface area (Å²) in [6.07, 6.45) is 0. The highest BCUT2D eigenvalue weighted by Crippen LogP contribution is 2.33. The van der Waals surface area contributed by atoms with E-state index < -0.39 is 0 Å². The first-order valence-corrected chi connectivity index (χ1v) is 10.7. The van der Waals surface area contributed by atoms with Crippen LogP contribution in [-0.4, -0.2) is 11.0 Å². The van der Waals surface area contributed by atoms with Crippen molar-refractivity contribution in [3.05, 3.63) is 103 Å². The summed E-state index contributed by atoms with van der Waals surface area (Å²) < 4.78 is 0. The number of urea groups is 1. The molecule has 0 radical (unpaired) electrons. The highest BCUT2D eigenvalue weighted by molar-refractivity contribution is 6.08. The molecule has 6 nitrogen and oxygen atoms in total. The number of amides is 2. The summed E-state index contributed by atoms with van der Waals surface area (Å²) in [7, 11) is 0. The first-order chi connectivity index (χ1) is 16.2. The maximum absolute atomic E-state index is 12.3. The second-order valence-corrected chi connectivity index (χ2v) is 7.70. The molecule has 0 saturated carbocycles. The molecule has 1 aromatic heterocycles. The first-order valence-electron chi connectivity index (χ1n) is 10.7. The topological polar surface area (TPSA) is 92.1 Å². The number of hydrogen-bond donors (Lipinski definition) is 4. The number of carbonyl (C=O) groups excluding carboxylic acids is 1. The molecule has 35 heavy (non-hydrogen) atoms. The molecule has 0 atom stereocenters. The minimum atomic E-state index is -0.303. The molecule has 5 rings (SSSR count). The molecule has 0 aliphatic carbocycles. The molecule has 0 saturated heterocycles. The number of halogens is 2. The summed E-state index contributed by atoms with van der Waals surface area (Å²) in [6.45, 7) is 0.470. The zero-order chi connectivity index (χ0) is 22.6. The molecule has 0 aliphatic rings. The van der Waals surface area contributed by atoms with Gasteiger partial charge in [0.2, 0.25) is 0 Å². The Balaban J connectivity index is 0.00000171. The van der Waals surface area contributed by atoms with Crippen LogP contribution in [-0.2, 0) is 6.54 Å². The minimum absolute atomic E-state index is 0. The van der Waals surface area contributed by atoms with Crippen LogP contribution in [0.1, 0.15) is 5.56 Å². The van der Waals surface area contributed by atoms with Gasteiger partial charge in [0.05, 0.1) is 16.7 Å². The fourth-order valence-corrected chi connectivity index (χ4v) is 3.77. The normalized spacial score (nSPS) is 10.2. The largest absolute Gasteiger partial charge is 0.354 e. The monoisotopic (exact) mass is 505 g/mol. The summed E-state index contributed by atoms with van der Waals surface area (Å²) in [5.74, 6) is 0. The lowest BCUT2D eigenvalue weighted by molar-refractivity contribution is 0.262. The lowest BCUT2D eigenvalue weighted by Gasteiger charge is -2.14. The Labute approximate surface area is 215 Å². The number of nitrogens with one attached hydrogen (secondary N) is 3. The van der Waals surface area contributed by atoms with Crippen LogP contribution in [0.2, 0.25) is 0 Å². The number of aromatic nitrogens is 1. The predicted octanol–water partition coefficient (Wildman–Crippen LogP) is 7.08. The van der Waals surface area contributed by atoms with E-state index in [0.29, 0.717) is 17.9 Å². The van der Waals surface area contributed by atoms with E-state index in [1.165, 1.54) is 0 Å². The molecule has 0 aliphatic heterocycles. The lowest BCUT2D eigenvalue weighted by Crippen LogP contribution is -2.19. The average Bonchev–Trinajstić information content (AvgIpc) is 2.85. The summed E-state index contributed by atoms with van der Waals surface area (Å²) in [5.41, 5.74) is 11.8. The van der Waals surface area contributed by atoms with Crippen molar-refractivity contribution in [2.24, 2.45) is 5.73 Å². The second-order valence-electron chi connectivity index (χ2n) is 7.70. The highest BCUT2D eigenvalue weighted by atomic mass is 35.5. The highest BCUT2D eigenvalue weighted by Gasteiger charge is 2.09. The van der Waals surface area contributed by atoms with Crippen molar-refractivity contribution in [3.8, 4) is 0 Å². The van der Waals surface area contributed by atoms with Crippen LogP contribution in [0.15, 0.2) is 97.1 Å². The third-order valence-corrected chi connectivity index (χ3v) is 5.45. The molecule has 0 unspecified atom stereocenters. The third-order valence-electron chi connectivity index (χ3n) is 5.45. The van der Waals surface area contributed by atoms with Crippen molar-refractivity contribution >= 4 is 75.4 Å². The summed E-state index contributed by atoms with van der Waals surface area (Å²) in [6, 6.07) is 30.9. The van der Waals surface area contributed by atoms with Gasteiger partial charge < -0.3 is 21.7 Å². The van der Waals surface area contributed by atoms with Gasteiger partial charge in [-0.1, -0.05) is 48.5 Å². The molecule has 0 bridgehead atoms. The summed E-state index contributed by atoms with van der Waals surface area (Å²) in [4.78, 5) is 17.1. The first kappa shape index (κ1) is 25.8. The molecule has 0 fully saturated rings. The molecule has 0 spiro atoms. The van der Waals surface area contributed by atoms with Crippen LogP contribution in [0, 0.1) is 0 Å². The number of carbonyl (C=O) groups is 1. The number of anilines is 4. The molecule has 5 aromatic rings. The lowest BCUT2D eigenvalue weighted by atomic mass is 10.1. The number of hydrogen-bond acceptors (Lipinski definition) is 4. The molecule has 8 heteroatoms. The number of nitrogens with zero attached hydrogens (tertiary/aromatic N) is 1. The van der Waals surface area contributed by atoms with Crippen molar-refractivity contribution in [3.63, 3.8) is 0 Å². The summed E-state index contributed by atoms with van der Waals surface area (Å²) >= 11 is 0. The van der Waals surface area contributed by atoms with Crippen LogP contribution in [0.3, 0.4) is 0 Å². The SMILES string of the molecule is Cl.Cl.NCc1ccc(NC(=O)Nc2ccc(Nc3c4ccccc4nc4ccccc34)cc2)cc1. The van der Waals surface area contributed by atoms with Crippen LogP contribution in [0.5, 0.6) is 0 Å². The molecule has 2 amide bonds. The minimum Gasteiger partial charge on any atom is -0.354 e. The van der Waals surface area contributed by atoms with E-state index in [1.807, 2.05) is 84.9 Å². The predicted molar refractivity (Wildman–Crippen MR) is 150 cm³/mol. The van der Waals surface area contributed by atoms with Gasteiger partial charge >= 0.3 is 6.03 Å². The summed E-state index contributed by atoms with van der Waals surface area (Å²) in [5, 5.41) is 11.3. The van der Waals surface area contributed by atoms with E-state index >= 15 is 0 Å². The maximum Gasteiger partial charge on any atom is 0.323 e. The number of para-hydroxylation sites is 2. The van der Waals surface area contributed by atoms with Gasteiger partial charge in [-0.05, 0) is 54.1 Å². The second kappa shape index (κ2) is 11.5. The van der Waals surface area contributed by atoms with Gasteiger partial charge in [-0.25, -0.2) is 9.78 Å². The van der Waals surface area contributed by atoms with E-state index in [-0.39, 0.29) is 30.8 Å². The van der Waals surface area contributed by atoms with Crippen LogP contribution < -0.4 is 21.7 Å². The van der Waals surface area contributed by atoms with Crippen molar-refractivity contribution in [1.29, 1.82) is 0 Å². The number of benzene rings is 4. The van der Waals surface area contributed by atoms with E-state index in [9.17, 15) is 4.79 Å². The Hall–Kier alpha value is -3.84. The van der Waals surface area contributed by atoms with E-state index in [0.717, 1.165) is 38.7 Å². The van der Waals surface area contributed by atoms with Crippen molar-refractivity contribution in [1.82, 2.24) is 4.98 Å².